The predicted molar refractivity (Wildman–Crippen MR) is 79.4 cm³/mol. The van der Waals surface area contributed by atoms with Crippen LogP contribution in [0.2, 0.25) is 0 Å². The second kappa shape index (κ2) is 6.71. The largest absolute Gasteiger partial charge is 0.352 e. The minimum absolute atomic E-state index is 0.112. The fourth-order valence-electron chi connectivity index (χ4n) is 1.72. The minimum Gasteiger partial charge on any atom is -0.352 e. The maximum Gasteiger partial charge on any atom is 0.220 e. The van der Waals surface area contributed by atoms with Crippen LogP contribution in [0.25, 0.3) is 0 Å². The van der Waals surface area contributed by atoms with Gasteiger partial charge >= 0.3 is 0 Å². The molecule has 0 spiro atoms. The standard InChI is InChI=1S/C16H26N2O/c1-12(16(2,3)4)8-15(19)18-11-14-7-5-6-13(9-14)10-17/h5-7,9,12H,8,10-11,17H2,1-4H3,(H,18,19). The Kier molecular flexibility index (Phi) is 5.55. The highest BCUT2D eigenvalue weighted by Gasteiger charge is 2.22. The zero-order chi connectivity index (χ0) is 14.5. The number of nitrogens with two attached hydrogens (primary N) is 1. The molecule has 0 saturated carbocycles. The summed E-state index contributed by atoms with van der Waals surface area (Å²) in [5.74, 6) is 0.475. The van der Waals surface area contributed by atoms with Crippen molar-refractivity contribution >= 4 is 5.91 Å². The Balaban J connectivity index is 2.46. The van der Waals surface area contributed by atoms with Crippen LogP contribution in [0.5, 0.6) is 0 Å². The first-order valence-electron chi connectivity index (χ1n) is 6.87. The maximum absolute atomic E-state index is 11.9. The van der Waals surface area contributed by atoms with Crippen molar-refractivity contribution in [2.75, 3.05) is 0 Å². The van der Waals surface area contributed by atoms with Crippen LogP contribution >= 0.6 is 0 Å². The van der Waals surface area contributed by atoms with Crippen molar-refractivity contribution in [2.24, 2.45) is 17.1 Å². The summed E-state index contributed by atoms with van der Waals surface area (Å²) in [6.45, 7) is 9.71. The van der Waals surface area contributed by atoms with Crippen molar-refractivity contribution in [2.45, 2.75) is 47.2 Å². The summed E-state index contributed by atoms with van der Waals surface area (Å²) in [6, 6.07) is 8.01. The third-order valence-electron chi connectivity index (χ3n) is 3.69. The summed E-state index contributed by atoms with van der Waals surface area (Å²) in [5, 5.41) is 2.97. The molecule has 1 atom stereocenters. The van der Waals surface area contributed by atoms with Gasteiger partial charge in [0.05, 0.1) is 0 Å². The molecule has 0 fully saturated rings. The highest BCUT2D eigenvalue weighted by molar-refractivity contribution is 5.76. The average molecular weight is 262 g/mol. The smallest absolute Gasteiger partial charge is 0.220 e. The summed E-state index contributed by atoms with van der Waals surface area (Å²) >= 11 is 0. The summed E-state index contributed by atoms with van der Waals surface area (Å²) in [6.07, 6.45) is 0.570. The van der Waals surface area contributed by atoms with Crippen LogP contribution in [-0.4, -0.2) is 5.91 Å². The normalized spacial score (nSPS) is 13.1. The second-order valence-electron chi connectivity index (χ2n) is 6.27. The van der Waals surface area contributed by atoms with Gasteiger partial charge in [0.15, 0.2) is 0 Å². The number of rotatable bonds is 5. The van der Waals surface area contributed by atoms with Gasteiger partial charge < -0.3 is 11.1 Å². The third-order valence-corrected chi connectivity index (χ3v) is 3.69. The molecule has 3 nitrogen and oxygen atoms in total. The topological polar surface area (TPSA) is 55.1 Å². The Morgan fingerprint density at radius 1 is 1.32 bits per heavy atom. The zero-order valence-electron chi connectivity index (χ0n) is 12.5. The number of nitrogens with one attached hydrogen (secondary N) is 1. The minimum atomic E-state index is 0.112. The molecule has 19 heavy (non-hydrogen) atoms. The lowest BCUT2D eigenvalue weighted by molar-refractivity contribution is -0.122. The van der Waals surface area contributed by atoms with Crippen LogP contribution in [0.15, 0.2) is 24.3 Å². The van der Waals surface area contributed by atoms with Gasteiger partial charge in [-0.05, 0) is 22.5 Å². The molecule has 0 radical (unpaired) electrons. The van der Waals surface area contributed by atoms with Gasteiger partial charge in [-0.15, -0.1) is 0 Å². The van der Waals surface area contributed by atoms with Gasteiger partial charge in [-0.3, -0.25) is 4.79 Å². The van der Waals surface area contributed by atoms with Gasteiger partial charge in [-0.1, -0.05) is 52.0 Å². The third kappa shape index (κ3) is 5.43. The first-order chi connectivity index (χ1) is 8.82. The molecule has 1 rings (SSSR count). The van der Waals surface area contributed by atoms with Crippen molar-refractivity contribution in [1.82, 2.24) is 5.32 Å². The van der Waals surface area contributed by atoms with Crippen LogP contribution in [-0.2, 0) is 17.9 Å². The van der Waals surface area contributed by atoms with Gasteiger partial charge in [0, 0.05) is 19.5 Å². The van der Waals surface area contributed by atoms with Gasteiger partial charge in [0.2, 0.25) is 5.91 Å². The quantitative estimate of drug-likeness (QED) is 0.857. The first kappa shape index (κ1) is 15.7. The summed E-state index contributed by atoms with van der Waals surface area (Å²) in [5.41, 5.74) is 7.95. The monoisotopic (exact) mass is 262 g/mol. The molecule has 1 amide bonds. The Bertz CT molecular complexity index is 421. The van der Waals surface area contributed by atoms with Gasteiger partial charge in [-0.2, -0.15) is 0 Å². The Labute approximate surface area is 116 Å². The molecular formula is C16H26N2O. The molecule has 0 heterocycles. The SMILES string of the molecule is CC(CC(=O)NCc1cccc(CN)c1)C(C)(C)C. The van der Waals surface area contributed by atoms with Gasteiger partial charge in [0.1, 0.15) is 0 Å². The maximum atomic E-state index is 11.9. The highest BCUT2D eigenvalue weighted by Crippen LogP contribution is 2.27. The lowest BCUT2D eigenvalue weighted by Crippen LogP contribution is -2.28. The fraction of sp³-hybridized carbons (Fsp3) is 0.562. The molecule has 0 aliphatic heterocycles. The molecule has 106 valence electrons. The van der Waals surface area contributed by atoms with Crippen molar-refractivity contribution in [3.63, 3.8) is 0 Å². The van der Waals surface area contributed by atoms with Crippen molar-refractivity contribution in [1.29, 1.82) is 0 Å². The summed E-state index contributed by atoms with van der Waals surface area (Å²) < 4.78 is 0. The van der Waals surface area contributed by atoms with Crippen molar-refractivity contribution in [3.05, 3.63) is 35.4 Å². The Morgan fingerprint density at radius 3 is 2.53 bits per heavy atom. The van der Waals surface area contributed by atoms with Crippen LogP contribution in [0, 0.1) is 11.3 Å². The van der Waals surface area contributed by atoms with E-state index in [-0.39, 0.29) is 11.3 Å². The number of hydrogen-bond acceptors (Lipinski definition) is 2. The summed E-state index contributed by atoms with van der Waals surface area (Å²) in [7, 11) is 0. The lowest BCUT2D eigenvalue weighted by Gasteiger charge is -2.26. The number of hydrogen-bond donors (Lipinski definition) is 2. The predicted octanol–water partition coefficient (Wildman–Crippen LogP) is 2.83. The van der Waals surface area contributed by atoms with E-state index in [4.69, 9.17) is 5.73 Å². The molecule has 0 aliphatic rings. The van der Waals surface area contributed by atoms with E-state index in [1.54, 1.807) is 0 Å². The Morgan fingerprint density at radius 2 is 1.95 bits per heavy atom. The zero-order valence-corrected chi connectivity index (χ0v) is 12.5. The average Bonchev–Trinajstić information content (AvgIpc) is 2.35. The molecule has 1 unspecified atom stereocenters. The highest BCUT2D eigenvalue weighted by atomic mass is 16.1. The molecule has 0 saturated heterocycles. The van der Waals surface area contributed by atoms with E-state index in [2.05, 4.69) is 33.0 Å². The number of carbonyl (C=O) groups excluding carboxylic acids is 1. The first-order valence-corrected chi connectivity index (χ1v) is 6.87. The molecule has 0 aromatic heterocycles. The van der Waals surface area contributed by atoms with E-state index in [0.29, 0.717) is 25.4 Å². The van der Waals surface area contributed by atoms with Crippen LogP contribution < -0.4 is 11.1 Å². The number of carbonyl (C=O) groups is 1. The molecule has 1 aromatic rings. The van der Waals surface area contributed by atoms with Crippen LogP contribution in [0.4, 0.5) is 0 Å². The molecule has 0 bridgehead atoms. The Hall–Kier alpha value is -1.35. The molecule has 0 aliphatic carbocycles. The van der Waals surface area contributed by atoms with E-state index in [1.807, 2.05) is 24.3 Å². The number of amides is 1. The molecule has 1 aromatic carbocycles. The van der Waals surface area contributed by atoms with E-state index < -0.39 is 0 Å². The molecule has 3 heteroatoms. The van der Waals surface area contributed by atoms with Crippen molar-refractivity contribution < 1.29 is 4.79 Å². The lowest BCUT2D eigenvalue weighted by atomic mass is 9.80. The van der Waals surface area contributed by atoms with Crippen molar-refractivity contribution in [3.8, 4) is 0 Å². The second-order valence-corrected chi connectivity index (χ2v) is 6.27. The van der Waals surface area contributed by atoms with E-state index in [9.17, 15) is 4.79 Å². The molecule has 3 N–H and O–H groups in total. The fourth-order valence-corrected chi connectivity index (χ4v) is 1.72. The molecular weight excluding hydrogens is 236 g/mol. The van der Waals surface area contributed by atoms with E-state index >= 15 is 0 Å². The van der Waals surface area contributed by atoms with Gasteiger partial charge in [0.25, 0.3) is 0 Å². The number of benzene rings is 1. The van der Waals surface area contributed by atoms with E-state index in [0.717, 1.165) is 11.1 Å². The summed E-state index contributed by atoms with van der Waals surface area (Å²) in [4.78, 5) is 11.9. The van der Waals surface area contributed by atoms with Crippen LogP contribution in [0.1, 0.15) is 45.2 Å². The van der Waals surface area contributed by atoms with Gasteiger partial charge in [-0.25, -0.2) is 0 Å². The van der Waals surface area contributed by atoms with Crippen LogP contribution in [0.3, 0.4) is 0 Å². The van der Waals surface area contributed by atoms with E-state index in [1.165, 1.54) is 0 Å².